The van der Waals surface area contributed by atoms with Crippen LogP contribution in [-0.4, -0.2) is 70.0 Å². The molecule has 3 aromatic rings. The van der Waals surface area contributed by atoms with Crippen LogP contribution in [0.4, 0.5) is 11.4 Å². The molecule has 0 aliphatic carbocycles. The number of rotatable bonds is 11. The van der Waals surface area contributed by atoms with E-state index in [0.29, 0.717) is 19.4 Å². The van der Waals surface area contributed by atoms with Crippen molar-refractivity contribution in [2.75, 3.05) is 36.0 Å². The Balaban J connectivity index is 1.40. The Labute approximate surface area is 256 Å². The zero-order chi connectivity index (χ0) is 30.1. The highest BCUT2D eigenvalue weighted by Gasteiger charge is 2.74. The summed E-state index contributed by atoms with van der Waals surface area (Å²) in [5.74, 6) is -1.60. The third kappa shape index (κ3) is 4.86. The molecular weight excluding hydrogens is 558 g/mol. The molecule has 3 amide bonds. The number of carbonyl (C=O) groups is 3. The van der Waals surface area contributed by atoms with Crippen LogP contribution < -0.4 is 9.80 Å². The minimum Gasteiger partial charge on any atom is -0.396 e. The van der Waals surface area contributed by atoms with Gasteiger partial charge in [-0.05, 0) is 54.3 Å². The number of hydrogen-bond donors (Lipinski definition) is 1. The zero-order valence-electron chi connectivity index (χ0n) is 24.2. The summed E-state index contributed by atoms with van der Waals surface area (Å²) in [6.07, 6.45) is 5.20. The molecule has 222 valence electrons. The van der Waals surface area contributed by atoms with Gasteiger partial charge >= 0.3 is 0 Å². The minimum absolute atomic E-state index is 0.0544. The van der Waals surface area contributed by atoms with Crippen molar-refractivity contribution in [3.63, 3.8) is 0 Å². The van der Waals surface area contributed by atoms with E-state index in [1.165, 1.54) is 0 Å². The Hall–Kier alpha value is -3.88. The van der Waals surface area contributed by atoms with E-state index < -0.39 is 22.6 Å². The first-order valence-electron chi connectivity index (χ1n) is 14.9. The maximum absolute atomic E-state index is 14.8. The quantitative estimate of drug-likeness (QED) is 0.314. The van der Waals surface area contributed by atoms with Gasteiger partial charge in [-0.1, -0.05) is 60.7 Å². The summed E-state index contributed by atoms with van der Waals surface area (Å²) < 4.78 is -0.721. The topological polar surface area (TPSA) is 81.2 Å². The Morgan fingerprint density at radius 1 is 0.930 bits per heavy atom. The van der Waals surface area contributed by atoms with Crippen molar-refractivity contribution in [3.05, 3.63) is 98.1 Å². The third-order valence-corrected chi connectivity index (χ3v) is 11.1. The van der Waals surface area contributed by atoms with Gasteiger partial charge in [0.2, 0.25) is 11.8 Å². The van der Waals surface area contributed by atoms with Crippen LogP contribution >= 0.6 is 11.8 Å². The number of likely N-dealkylation sites (tertiary alicyclic amines) is 1. The number of aliphatic hydroxyl groups is 1. The molecule has 3 aliphatic rings. The third-order valence-electron chi connectivity index (χ3n) is 9.14. The van der Waals surface area contributed by atoms with E-state index in [1.807, 2.05) is 72.8 Å². The maximum atomic E-state index is 14.8. The molecule has 3 aliphatic heterocycles. The first-order valence-corrected chi connectivity index (χ1v) is 15.8. The fourth-order valence-electron chi connectivity index (χ4n) is 7.38. The molecule has 0 aromatic heterocycles. The number of para-hydroxylation sites is 1. The van der Waals surface area contributed by atoms with E-state index in [0.717, 1.165) is 28.6 Å². The smallest absolute Gasteiger partial charge is 0.251 e. The van der Waals surface area contributed by atoms with Gasteiger partial charge < -0.3 is 19.8 Å². The summed E-state index contributed by atoms with van der Waals surface area (Å²) in [7, 11) is 0. The van der Waals surface area contributed by atoms with Crippen molar-refractivity contribution in [2.45, 2.75) is 35.3 Å². The van der Waals surface area contributed by atoms with Crippen LogP contribution in [0.3, 0.4) is 0 Å². The molecule has 5 atom stereocenters. The van der Waals surface area contributed by atoms with E-state index in [9.17, 15) is 19.5 Å². The highest BCUT2D eigenvalue weighted by Crippen LogP contribution is 2.66. The van der Waals surface area contributed by atoms with Gasteiger partial charge in [-0.3, -0.25) is 14.4 Å². The van der Waals surface area contributed by atoms with Crippen LogP contribution in [0.5, 0.6) is 0 Å². The van der Waals surface area contributed by atoms with Crippen molar-refractivity contribution in [1.29, 1.82) is 0 Å². The lowest BCUT2D eigenvalue weighted by atomic mass is 9.70. The van der Waals surface area contributed by atoms with Crippen LogP contribution in [0, 0.1) is 11.8 Å². The Morgan fingerprint density at radius 2 is 1.60 bits per heavy atom. The first-order chi connectivity index (χ1) is 20.9. The molecule has 43 heavy (non-hydrogen) atoms. The highest BCUT2D eigenvalue weighted by molar-refractivity contribution is 8.02. The molecule has 0 saturated carbocycles. The molecule has 3 aromatic carbocycles. The van der Waals surface area contributed by atoms with E-state index >= 15 is 0 Å². The number of nitrogens with zero attached hydrogens (tertiary/aromatic N) is 3. The maximum Gasteiger partial charge on any atom is 0.251 e. The lowest BCUT2D eigenvalue weighted by molar-refractivity contribution is -0.139. The molecule has 1 N–H and O–H groups in total. The average molecular weight is 596 g/mol. The Kier molecular flexibility index (Phi) is 8.16. The molecule has 3 fully saturated rings. The fraction of sp³-hybridized carbons (Fsp3) is 0.343. The van der Waals surface area contributed by atoms with Gasteiger partial charge in [0.15, 0.2) is 0 Å². The van der Waals surface area contributed by atoms with Crippen LogP contribution in [-0.2, 0) is 14.4 Å². The Bertz CT molecular complexity index is 1560. The van der Waals surface area contributed by atoms with Gasteiger partial charge in [-0.2, -0.15) is 0 Å². The van der Waals surface area contributed by atoms with Gasteiger partial charge in [0.05, 0.1) is 16.6 Å². The largest absolute Gasteiger partial charge is 0.396 e. The molecule has 7 nitrogen and oxygen atoms in total. The Morgan fingerprint density at radius 3 is 2.30 bits per heavy atom. The predicted octanol–water partition coefficient (Wildman–Crippen LogP) is 5.05. The fourth-order valence-corrected chi connectivity index (χ4v) is 9.59. The summed E-state index contributed by atoms with van der Waals surface area (Å²) in [4.78, 5) is 48.5. The van der Waals surface area contributed by atoms with Crippen molar-refractivity contribution >= 4 is 51.6 Å². The van der Waals surface area contributed by atoms with Gasteiger partial charge in [-0.15, -0.1) is 24.9 Å². The monoisotopic (exact) mass is 595 g/mol. The summed E-state index contributed by atoms with van der Waals surface area (Å²) in [6.45, 7) is 8.57. The molecule has 2 bridgehead atoms. The van der Waals surface area contributed by atoms with Gasteiger partial charge in [0.25, 0.3) is 5.91 Å². The number of benzene rings is 3. The SMILES string of the molecule is C=CCN(C(=O)C1N(CCCO)C(=O)[C@@H]2[C@@H](C(=O)N(CC=C)c3ccccc3)[C@H]3CCC12S3)c1ccc2ccccc2c1. The number of hydrogen-bond acceptors (Lipinski definition) is 5. The second-order valence-corrected chi connectivity index (χ2v) is 13.1. The number of aliphatic hydroxyl groups excluding tert-OH is 1. The average Bonchev–Trinajstić information content (AvgIpc) is 3.68. The van der Waals surface area contributed by atoms with Gasteiger partial charge in [0.1, 0.15) is 6.04 Å². The van der Waals surface area contributed by atoms with Crippen molar-refractivity contribution in [2.24, 2.45) is 11.8 Å². The van der Waals surface area contributed by atoms with Gasteiger partial charge in [0, 0.05) is 42.9 Å². The van der Waals surface area contributed by atoms with Crippen LogP contribution in [0.2, 0.25) is 0 Å². The number of amides is 3. The number of anilines is 2. The number of thioether (sulfide) groups is 1. The lowest BCUT2D eigenvalue weighted by Crippen LogP contribution is -2.55. The molecule has 3 saturated heterocycles. The molecule has 2 unspecified atom stereocenters. The second kappa shape index (κ2) is 12.0. The summed E-state index contributed by atoms with van der Waals surface area (Å²) in [5.41, 5.74) is 1.50. The minimum atomic E-state index is -0.750. The zero-order valence-corrected chi connectivity index (χ0v) is 25.0. The number of fused-ring (bicyclic) bond motifs is 2. The second-order valence-electron chi connectivity index (χ2n) is 11.5. The molecule has 8 heteroatoms. The van der Waals surface area contributed by atoms with Crippen molar-refractivity contribution in [3.8, 4) is 0 Å². The lowest BCUT2D eigenvalue weighted by Gasteiger charge is -2.37. The van der Waals surface area contributed by atoms with Crippen molar-refractivity contribution in [1.82, 2.24) is 4.90 Å². The van der Waals surface area contributed by atoms with Crippen LogP contribution in [0.1, 0.15) is 19.3 Å². The van der Waals surface area contributed by atoms with Crippen molar-refractivity contribution < 1.29 is 19.5 Å². The van der Waals surface area contributed by atoms with Gasteiger partial charge in [-0.25, -0.2) is 0 Å². The van der Waals surface area contributed by atoms with E-state index in [4.69, 9.17) is 0 Å². The molecule has 1 spiro atoms. The summed E-state index contributed by atoms with van der Waals surface area (Å²) in [6, 6.07) is 22.7. The van der Waals surface area contributed by atoms with E-state index in [-0.39, 0.29) is 42.7 Å². The predicted molar refractivity (Wildman–Crippen MR) is 173 cm³/mol. The van der Waals surface area contributed by atoms with E-state index in [1.54, 1.807) is 38.6 Å². The summed E-state index contributed by atoms with van der Waals surface area (Å²) in [5, 5.41) is 11.8. The molecule has 3 heterocycles. The molecule has 6 rings (SSSR count). The van der Waals surface area contributed by atoms with E-state index in [2.05, 4.69) is 13.2 Å². The molecular formula is C35H37N3O4S. The van der Waals surface area contributed by atoms with Crippen LogP contribution in [0.15, 0.2) is 98.1 Å². The molecule has 0 radical (unpaired) electrons. The highest BCUT2D eigenvalue weighted by atomic mass is 32.2. The summed E-state index contributed by atoms with van der Waals surface area (Å²) >= 11 is 1.66. The normalized spacial score (nSPS) is 25.5. The van der Waals surface area contributed by atoms with Crippen LogP contribution in [0.25, 0.3) is 10.8 Å². The standard InChI is InChI=1S/C35H37N3O4S/c1-3-19-36(26-13-6-5-7-14-26)32(40)29-28-17-18-35(43-28)30(29)33(41)38(21-10-22-39)31(35)34(42)37(20-4-2)27-16-15-24-11-8-9-12-25(24)23-27/h3-9,11-16,23,28-31,39H,1-2,10,17-22H2/t28-,29+,30+,31?,35?/m1/s1. The first kappa shape index (κ1) is 29.2. The number of carbonyl (C=O) groups excluding carboxylic acids is 3.